The molecule has 0 aromatic heterocycles. The first kappa shape index (κ1) is 39.9. The second-order valence-electron chi connectivity index (χ2n) is 16.3. The van der Waals surface area contributed by atoms with E-state index < -0.39 is 0 Å². The standard InChI is InChI=1S/C51H46N4O8/c1-59-46-23-39-41(52-27-36-21-34-10-3-5-14-43(34)54(36)50(39)57)25-48(46)62-29-31-18-32(20-38(19-31)61-17-8-7-16-45(56)33-12-9-13-33)30-63-49-26-42-40(24-47(49)60-2)51(58)55-37(28-53-42)22-35-11-4-6-15-44(35)55/h3-6,10-12,14-15,18-20,23-28,36-37H,7-9,13,16-17,21-22,29-30H2,1-2H3/t36-,37-/m0/s1. The van der Waals surface area contributed by atoms with Crippen molar-refractivity contribution in [2.75, 3.05) is 30.6 Å². The Bertz CT molecular complexity index is 2600. The van der Waals surface area contributed by atoms with Gasteiger partial charge in [0.1, 0.15) is 19.0 Å². The van der Waals surface area contributed by atoms with E-state index in [0.717, 1.165) is 64.9 Å². The average molecular weight is 843 g/mol. The molecule has 2 amide bonds. The Labute approximate surface area is 365 Å². The number of unbranched alkanes of at least 4 members (excludes halogenated alkanes) is 1. The number of para-hydroxylation sites is 2. The fraction of sp³-hybridized carbons (Fsp3) is 0.275. The number of anilines is 2. The molecule has 0 N–H and O–H groups in total. The number of allylic oxidation sites excluding steroid dienone is 2. The molecule has 10 rings (SSSR count). The lowest BCUT2D eigenvalue weighted by molar-refractivity contribution is -0.116. The third-order valence-corrected chi connectivity index (χ3v) is 12.3. The van der Waals surface area contributed by atoms with E-state index in [1.807, 2.05) is 85.2 Å². The first-order valence-electron chi connectivity index (χ1n) is 21.4. The van der Waals surface area contributed by atoms with Gasteiger partial charge in [0.25, 0.3) is 11.8 Å². The summed E-state index contributed by atoms with van der Waals surface area (Å²) in [5, 5.41) is 0. The van der Waals surface area contributed by atoms with Crippen LogP contribution in [0.2, 0.25) is 0 Å². The van der Waals surface area contributed by atoms with E-state index in [1.165, 1.54) is 0 Å². The van der Waals surface area contributed by atoms with Crippen LogP contribution in [-0.4, -0.2) is 62.9 Å². The minimum absolute atomic E-state index is 0.141. The monoisotopic (exact) mass is 842 g/mol. The van der Waals surface area contributed by atoms with Crippen molar-refractivity contribution in [1.82, 2.24) is 0 Å². The Balaban J connectivity index is 0.884. The van der Waals surface area contributed by atoms with Crippen LogP contribution in [0.25, 0.3) is 0 Å². The molecule has 0 unspecified atom stereocenters. The number of carbonyl (C=O) groups excluding carboxylic acids is 3. The Hall–Kier alpha value is -7.21. The summed E-state index contributed by atoms with van der Waals surface area (Å²) in [4.78, 5) is 53.5. The van der Waals surface area contributed by atoms with E-state index in [-0.39, 0.29) is 42.9 Å². The maximum atomic E-state index is 14.0. The zero-order valence-corrected chi connectivity index (χ0v) is 35.2. The SMILES string of the molecule is COc1cc2c(cc1OCc1cc(COc3cc4c(cc3OC)C(=O)N3c5ccccc5C[C@H]3C=N4)cc(OCCCCC(=O)C3=CCC3)c1)N=C[C@@H]1Cc3ccccc3N1C2=O. The number of ketones is 1. The molecule has 0 spiro atoms. The van der Waals surface area contributed by atoms with E-state index in [0.29, 0.717) is 77.1 Å². The van der Waals surface area contributed by atoms with Crippen LogP contribution in [0.3, 0.4) is 0 Å². The van der Waals surface area contributed by atoms with E-state index in [4.69, 9.17) is 33.7 Å². The highest BCUT2D eigenvalue weighted by molar-refractivity contribution is 6.16. The minimum atomic E-state index is -0.182. The minimum Gasteiger partial charge on any atom is -0.494 e. The molecule has 5 aromatic carbocycles. The molecule has 2 atom stereocenters. The predicted molar refractivity (Wildman–Crippen MR) is 241 cm³/mol. The van der Waals surface area contributed by atoms with Gasteiger partial charge in [-0.2, -0.15) is 0 Å². The van der Waals surface area contributed by atoms with Gasteiger partial charge in [-0.3, -0.25) is 34.2 Å². The van der Waals surface area contributed by atoms with Crippen molar-refractivity contribution in [2.45, 2.75) is 70.2 Å². The van der Waals surface area contributed by atoms with Crippen LogP contribution in [-0.2, 0) is 30.8 Å². The number of ether oxygens (including phenoxy) is 5. The summed E-state index contributed by atoms with van der Waals surface area (Å²) in [5.74, 6) is 2.26. The molecule has 0 fully saturated rings. The third kappa shape index (κ3) is 7.70. The molecule has 4 heterocycles. The average Bonchev–Trinajstić information content (AvgIpc) is 3.77. The number of methoxy groups -OCH3 is 2. The quantitative estimate of drug-likeness (QED) is 0.0955. The summed E-state index contributed by atoms with van der Waals surface area (Å²) in [6.07, 6.45) is 10.9. The normalized spacial score (nSPS) is 17.5. The molecule has 12 nitrogen and oxygen atoms in total. The number of aliphatic imine (C=N–C) groups is 2. The van der Waals surface area contributed by atoms with E-state index in [9.17, 15) is 14.4 Å². The van der Waals surface area contributed by atoms with Gasteiger partial charge in [0, 0.05) is 55.2 Å². The van der Waals surface area contributed by atoms with Gasteiger partial charge in [0.2, 0.25) is 0 Å². The summed E-state index contributed by atoms with van der Waals surface area (Å²) >= 11 is 0. The van der Waals surface area contributed by atoms with Crippen LogP contribution in [0.1, 0.15) is 75.1 Å². The van der Waals surface area contributed by atoms with Gasteiger partial charge in [-0.05, 0) is 96.0 Å². The van der Waals surface area contributed by atoms with Crippen molar-refractivity contribution in [3.05, 3.63) is 136 Å². The van der Waals surface area contributed by atoms with Crippen LogP contribution >= 0.6 is 0 Å². The molecule has 63 heavy (non-hydrogen) atoms. The smallest absolute Gasteiger partial charge is 0.261 e. The second-order valence-corrected chi connectivity index (χ2v) is 16.3. The Morgan fingerprint density at radius 3 is 1.67 bits per heavy atom. The van der Waals surface area contributed by atoms with Gasteiger partial charge in [0.05, 0.1) is 55.4 Å². The maximum Gasteiger partial charge on any atom is 0.261 e. The Morgan fingerprint density at radius 2 is 1.17 bits per heavy atom. The number of fused-ring (bicyclic) bond motifs is 8. The maximum absolute atomic E-state index is 14.0. The Morgan fingerprint density at radius 1 is 0.651 bits per heavy atom. The molecule has 0 saturated carbocycles. The van der Waals surface area contributed by atoms with Gasteiger partial charge >= 0.3 is 0 Å². The molecule has 5 aromatic rings. The van der Waals surface area contributed by atoms with Gasteiger partial charge in [-0.15, -0.1) is 0 Å². The first-order valence-corrected chi connectivity index (χ1v) is 21.4. The van der Waals surface area contributed by atoms with Crippen LogP contribution < -0.4 is 33.5 Å². The van der Waals surface area contributed by atoms with Crippen LogP contribution in [0.15, 0.2) is 113 Å². The topological polar surface area (TPSA) is 129 Å². The fourth-order valence-electron chi connectivity index (χ4n) is 8.96. The highest BCUT2D eigenvalue weighted by Gasteiger charge is 2.38. The largest absolute Gasteiger partial charge is 0.494 e. The van der Waals surface area contributed by atoms with Gasteiger partial charge in [-0.25, -0.2) is 0 Å². The van der Waals surface area contributed by atoms with Crippen molar-refractivity contribution in [3.8, 4) is 28.7 Å². The lowest BCUT2D eigenvalue weighted by Crippen LogP contribution is -2.37. The van der Waals surface area contributed by atoms with Crippen molar-refractivity contribution in [1.29, 1.82) is 0 Å². The molecular formula is C51H46N4O8. The molecule has 0 bridgehead atoms. The molecule has 0 saturated heterocycles. The number of Topliss-reactive ketones (excluding diaryl/α,β-unsaturated/α-hetero) is 1. The first-order chi connectivity index (χ1) is 30.8. The summed E-state index contributed by atoms with van der Waals surface area (Å²) in [5.41, 5.74) is 8.44. The number of hydrogen-bond acceptors (Lipinski definition) is 10. The number of amides is 2. The molecule has 5 aliphatic rings. The highest BCUT2D eigenvalue weighted by atomic mass is 16.5. The number of carbonyl (C=O) groups is 3. The molecule has 318 valence electrons. The summed E-state index contributed by atoms with van der Waals surface area (Å²) in [6, 6.07) is 28.2. The zero-order chi connectivity index (χ0) is 43.0. The van der Waals surface area contributed by atoms with Crippen LogP contribution in [0.4, 0.5) is 22.7 Å². The zero-order valence-electron chi connectivity index (χ0n) is 35.2. The molecule has 1 aliphatic carbocycles. The molecule has 12 heteroatoms. The highest BCUT2D eigenvalue weighted by Crippen LogP contribution is 2.43. The van der Waals surface area contributed by atoms with Crippen LogP contribution in [0, 0.1) is 0 Å². The number of nitrogens with zero attached hydrogens (tertiary/aromatic N) is 4. The summed E-state index contributed by atoms with van der Waals surface area (Å²) in [7, 11) is 3.10. The van der Waals surface area contributed by atoms with Crippen molar-refractivity contribution in [2.24, 2.45) is 9.98 Å². The van der Waals surface area contributed by atoms with Crippen molar-refractivity contribution < 1.29 is 38.1 Å². The van der Waals surface area contributed by atoms with Gasteiger partial charge in [-0.1, -0.05) is 42.5 Å². The third-order valence-electron chi connectivity index (χ3n) is 12.3. The van der Waals surface area contributed by atoms with E-state index in [1.54, 1.807) is 48.3 Å². The van der Waals surface area contributed by atoms with Crippen molar-refractivity contribution in [3.63, 3.8) is 0 Å². The number of hydrogen-bond donors (Lipinski definition) is 0. The summed E-state index contributed by atoms with van der Waals surface area (Å²) in [6.45, 7) is 0.711. The molecule has 0 radical (unpaired) electrons. The summed E-state index contributed by atoms with van der Waals surface area (Å²) < 4.78 is 30.7. The fourth-order valence-corrected chi connectivity index (χ4v) is 8.96. The van der Waals surface area contributed by atoms with Crippen molar-refractivity contribution >= 4 is 52.8 Å². The van der Waals surface area contributed by atoms with Gasteiger partial charge < -0.3 is 23.7 Å². The lowest BCUT2D eigenvalue weighted by Gasteiger charge is -2.22. The molecule has 4 aliphatic heterocycles. The number of rotatable bonds is 15. The van der Waals surface area contributed by atoms with Gasteiger partial charge in [0.15, 0.2) is 28.8 Å². The lowest BCUT2D eigenvalue weighted by atomic mass is 9.92. The second kappa shape index (κ2) is 16.9. The van der Waals surface area contributed by atoms with E-state index >= 15 is 0 Å². The predicted octanol–water partition coefficient (Wildman–Crippen LogP) is 9.28. The Kier molecular flexibility index (Phi) is 10.7. The molecular weight excluding hydrogens is 797 g/mol. The number of benzene rings is 5. The van der Waals surface area contributed by atoms with E-state index in [2.05, 4.69) is 0 Å². The van der Waals surface area contributed by atoms with Crippen LogP contribution in [0.5, 0.6) is 28.7 Å².